The molecular formula is C23H29ClN4O2. The fraction of sp³-hybridized carbons (Fsp3) is 0.391. The van der Waals surface area contributed by atoms with Crippen LogP contribution in [0.3, 0.4) is 0 Å². The lowest BCUT2D eigenvalue weighted by atomic mass is 10.1. The van der Waals surface area contributed by atoms with Gasteiger partial charge in [0.25, 0.3) is 5.91 Å². The van der Waals surface area contributed by atoms with Gasteiger partial charge in [0, 0.05) is 55.0 Å². The number of anilines is 1. The van der Waals surface area contributed by atoms with E-state index in [2.05, 4.69) is 22.5 Å². The van der Waals surface area contributed by atoms with E-state index in [9.17, 15) is 9.59 Å². The number of carbonyl (C=O) groups excluding carboxylic acids is 2. The Bertz CT molecular complexity index is 891. The molecule has 7 heteroatoms. The van der Waals surface area contributed by atoms with E-state index in [0.717, 1.165) is 29.4 Å². The molecule has 1 saturated heterocycles. The first-order valence-electron chi connectivity index (χ1n) is 10.3. The average molecular weight is 429 g/mol. The van der Waals surface area contributed by atoms with E-state index < -0.39 is 0 Å². The van der Waals surface area contributed by atoms with Crippen LogP contribution in [0.5, 0.6) is 0 Å². The number of rotatable bonds is 5. The summed E-state index contributed by atoms with van der Waals surface area (Å²) in [6.45, 7) is 9.22. The number of aryl methyl sites for hydroxylation is 1. The van der Waals surface area contributed by atoms with Crippen molar-refractivity contribution in [3.8, 4) is 0 Å². The molecule has 0 unspecified atom stereocenters. The van der Waals surface area contributed by atoms with E-state index in [4.69, 9.17) is 11.6 Å². The van der Waals surface area contributed by atoms with Gasteiger partial charge in [-0.1, -0.05) is 29.8 Å². The summed E-state index contributed by atoms with van der Waals surface area (Å²) in [5.74, 6) is 0.0366. The van der Waals surface area contributed by atoms with Crippen molar-refractivity contribution in [2.45, 2.75) is 33.4 Å². The van der Waals surface area contributed by atoms with Crippen molar-refractivity contribution in [1.82, 2.24) is 15.5 Å². The minimum absolute atomic E-state index is 0.0366. The van der Waals surface area contributed by atoms with Crippen molar-refractivity contribution >= 4 is 29.2 Å². The van der Waals surface area contributed by atoms with Gasteiger partial charge in [-0.3, -0.25) is 4.79 Å². The lowest BCUT2D eigenvalue weighted by molar-refractivity contribution is 0.0746. The number of nitrogens with one attached hydrogen (secondary N) is 2. The molecule has 1 aliphatic heterocycles. The number of benzene rings is 2. The summed E-state index contributed by atoms with van der Waals surface area (Å²) in [4.78, 5) is 28.7. The zero-order valence-electron chi connectivity index (χ0n) is 17.7. The highest BCUT2D eigenvalue weighted by Gasteiger charge is 2.23. The molecule has 0 radical (unpaired) electrons. The minimum Gasteiger partial charge on any atom is -0.368 e. The first-order chi connectivity index (χ1) is 14.3. The van der Waals surface area contributed by atoms with E-state index in [1.54, 1.807) is 0 Å². The van der Waals surface area contributed by atoms with Crippen LogP contribution in [0.1, 0.15) is 35.3 Å². The van der Waals surface area contributed by atoms with Gasteiger partial charge < -0.3 is 20.4 Å². The standard InChI is InChI=1S/C23H29ClN4O2/c1-16(2)26-23(30)25-15-18-5-7-19(8-6-18)22(29)28-12-10-27(11-13-28)21-14-20(24)9-4-17(21)3/h4-9,14,16H,10-13,15H2,1-3H3,(H2,25,26,30). The summed E-state index contributed by atoms with van der Waals surface area (Å²) >= 11 is 6.15. The van der Waals surface area contributed by atoms with Crippen LogP contribution in [0.25, 0.3) is 0 Å². The monoisotopic (exact) mass is 428 g/mol. The van der Waals surface area contributed by atoms with Crippen LogP contribution < -0.4 is 15.5 Å². The van der Waals surface area contributed by atoms with E-state index in [1.807, 2.05) is 61.2 Å². The van der Waals surface area contributed by atoms with Gasteiger partial charge in [0.2, 0.25) is 0 Å². The van der Waals surface area contributed by atoms with Gasteiger partial charge in [-0.15, -0.1) is 0 Å². The Morgan fingerprint density at radius 2 is 1.70 bits per heavy atom. The van der Waals surface area contributed by atoms with E-state index >= 15 is 0 Å². The maximum atomic E-state index is 12.9. The van der Waals surface area contributed by atoms with Crippen molar-refractivity contribution in [3.05, 3.63) is 64.2 Å². The Kier molecular flexibility index (Phi) is 7.21. The first kappa shape index (κ1) is 22.0. The number of amides is 3. The SMILES string of the molecule is Cc1ccc(Cl)cc1N1CCN(C(=O)c2ccc(CNC(=O)NC(C)C)cc2)CC1. The number of hydrogen-bond acceptors (Lipinski definition) is 3. The first-order valence-corrected chi connectivity index (χ1v) is 10.6. The summed E-state index contributed by atoms with van der Waals surface area (Å²) in [5, 5.41) is 6.32. The summed E-state index contributed by atoms with van der Waals surface area (Å²) in [5.41, 5.74) is 3.93. The van der Waals surface area contributed by atoms with Crippen molar-refractivity contribution < 1.29 is 9.59 Å². The Labute approximate surface area is 183 Å². The Balaban J connectivity index is 1.53. The number of carbonyl (C=O) groups is 2. The van der Waals surface area contributed by atoms with Gasteiger partial charge in [-0.05, 0) is 56.2 Å². The molecule has 2 N–H and O–H groups in total. The van der Waals surface area contributed by atoms with Gasteiger partial charge in [0.15, 0.2) is 0 Å². The molecule has 1 heterocycles. The Morgan fingerprint density at radius 3 is 2.33 bits per heavy atom. The van der Waals surface area contributed by atoms with Gasteiger partial charge >= 0.3 is 6.03 Å². The molecule has 0 aliphatic carbocycles. The smallest absolute Gasteiger partial charge is 0.315 e. The van der Waals surface area contributed by atoms with Crippen LogP contribution in [0, 0.1) is 6.92 Å². The third-order valence-electron chi connectivity index (χ3n) is 5.15. The molecular weight excluding hydrogens is 400 g/mol. The summed E-state index contributed by atoms with van der Waals surface area (Å²) in [7, 11) is 0. The molecule has 0 spiro atoms. The van der Waals surface area contributed by atoms with Crippen molar-refractivity contribution in [2.24, 2.45) is 0 Å². The second kappa shape index (κ2) is 9.85. The maximum absolute atomic E-state index is 12.9. The molecule has 1 fully saturated rings. The Morgan fingerprint density at radius 1 is 1.03 bits per heavy atom. The second-order valence-electron chi connectivity index (χ2n) is 7.89. The quantitative estimate of drug-likeness (QED) is 0.760. The highest BCUT2D eigenvalue weighted by Crippen LogP contribution is 2.25. The number of urea groups is 1. The van der Waals surface area contributed by atoms with Gasteiger partial charge in [0.05, 0.1) is 0 Å². The normalized spacial score (nSPS) is 14.0. The molecule has 0 saturated carbocycles. The summed E-state index contributed by atoms with van der Waals surface area (Å²) in [6, 6.07) is 13.2. The predicted molar refractivity (Wildman–Crippen MR) is 121 cm³/mol. The van der Waals surface area contributed by atoms with Gasteiger partial charge in [-0.25, -0.2) is 4.79 Å². The summed E-state index contributed by atoms with van der Waals surface area (Å²) in [6.07, 6.45) is 0. The fourth-order valence-corrected chi connectivity index (χ4v) is 3.68. The van der Waals surface area contributed by atoms with Crippen LogP contribution >= 0.6 is 11.6 Å². The van der Waals surface area contributed by atoms with Crippen molar-refractivity contribution in [2.75, 3.05) is 31.1 Å². The van der Waals surface area contributed by atoms with Crippen LogP contribution in [0.2, 0.25) is 5.02 Å². The predicted octanol–water partition coefficient (Wildman–Crippen LogP) is 3.82. The van der Waals surface area contributed by atoms with Crippen LogP contribution in [-0.2, 0) is 6.54 Å². The molecule has 0 bridgehead atoms. The number of piperazine rings is 1. The topological polar surface area (TPSA) is 64.7 Å². The minimum atomic E-state index is -0.196. The summed E-state index contributed by atoms with van der Waals surface area (Å²) < 4.78 is 0. The Hall–Kier alpha value is -2.73. The van der Waals surface area contributed by atoms with Crippen molar-refractivity contribution in [3.63, 3.8) is 0 Å². The molecule has 2 aromatic rings. The zero-order valence-corrected chi connectivity index (χ0v) is 18.5. The van der Waals surface area contributed by atoms with Gasteiger partial charge in [-0.2, -0.15) is 0 Å². The molecule has 6 nitrogen and oxygen atoms in total. The third kappa shape index (κ3) is 5.66. The van der Waals surface area contributed by atoms with E-state index in [-0.39, 0.29) is 18.0 Å². The molecule has 3 rings (SSSR count). The molecule has 3 amide bonds. The molecule has 30 heavy (non-hydrogen) atoms. The van der Waals surface area contributed by atoms with Crippen LogP contribution in [0.4, 0.5) is 10.5 Å². The maximum Gasteiger partial charge on any atom is 0.315 e. The fourth-order valence-electron chi connectivity index (χ4n) is 3.52. The number of halogens is 1. The number of hydrogen-bond donors (Lipinski definition) is 2. The molecule has 2 aromatic carbocycles. The lowest BCUT2D eigenvalue weighted by Gasteiger charge is -2.37. The number of nitrogens with zero attached hydrogens (tertiary/aromatic N) is 2. The molecule has 160 valence electrons. The lowest BCUT2D eigenvalue weighted by Crippen LogP contribution is -2.49. The molecule has 0 aromatic heterocycles. The second-order valence-corrected chi connectivity index (χ2v) is 8.33. The highest BCUT2D eigenvalue weighted by atomic mass is 35.5. The van der Waals surface area contributed by atoms with Crippen molar-refractivity contribution in [1.29, 1.82) is 0 Å². The highest BCUT2D eigenvalue weighted by molar-refractivity contribution is 6.30. The van der Waals surface area contributed by atoms with E-state index in [1.165, 1.54) is 5.56 Å². The van der Waals surface area contributed by atoms with Crippen LogP contribution in [0.15, 0.2) is 42.5 Å². The van der Waals surface area contributed by atoms with Crippen LogP contribution in [-0.4, -0.2) is 49.1 Å². The molecule has 0 atom stereocenters. The largest absolute Gasteiger partial charge is 0.368 e. The third-order valence-corrected chi connectivity index (χ3v) is 5.39. The average Bonchev–Trinajstić information content (AvgIpc) is 2.73. The van der Waals surface area contributed by atoms with E-state index in [0.29, 0.717) is 25.2 Å². The zero-order chi connectivity index (χ0) is 21.7. The molecule has 1 aliphatic rings. The van der Waals surface area contributed by atoms with Gasteiger partial charge in [0.1, 0.15) is 0 Å².